The van der Waals surface area contributed by atoms with Crippen molar-refractivity contribution in [3.8, 4) is 11.5 Å². The number of aliphatic imine (C=N–C) groups is 1. The summed E-state index contributed by atoms with van der Waals surface area (Å²) in [5, 5.41) is 3.31. The molecule has 31 heavy (non-hydrogen) atoms. The molecule has 0 fully saturated rings. The number of aryl methyl sites for hydroxylation is 2. The van der Waals surface area contributed by atoms with Crippen LogP contribution in [-0.2, 0) is 13.1 Å². The molecule has 1 aromatic heterocycles. The molecular weight excluding hydrogens is 406 g/mol. The van der Waals surface area contributed by atoms with Crippen LogP contribution in [0.15, 0.2) is 46.4 Å². The molecule has 0 amide bonds. The average molecular weight is 434 g/mol. The number of fused-ring (bicyclic) bond motifs is 3. The van der Waals surface area contributed by atoms with Crippen molar-refractivity contribution in [1.82, 2.24) is 9.88 Å². The van der Waals surface area contributed by atoms with Crippen LogP contribution in [0.4, 0.5) is 0 Å². The van der Waals surface area contributed by atoms with Crippen molar-refractivity contribution >= 4 is 27.8 Å². The van der Waals surface area contributed by atoms with Crippen molar-refractivity contribution in [3.05, 3.63) is 58.7 Å². The predicted octanol–water partition coefficient (Wildman–Crippen LogP) is 5.70. The second kappa shape index (κ2) is 8.08. The first-order valence-corrected chi connectivity index (χ1v) is 11.5. The van der Waals surface area contributed by atoms with Crippen molar-refractivity contribution in [3.63, 3.8) is 0 Å². The van der Waals surface area contributed by atoms with Crippen molar-refractivity contribution in [2.75, 3.05) is 13.3 Å². The number of aromatic nitrogens is 1. The Hall–Kier alpha value is -2.73. The van der Waals surface area contributed by atoms with Crippen molar-refractivity contribution in [1.29, 1.82) is 0 Å². The van der Waals surface area contributed by atoms with Crippen LogP contribution in [0.25, 0.3) is 10.9 Å². The Morgan fingerprint density at radius 2 is 1.94 bits per heavy atom. The fourth-order valence-corrected chi connectivity index (χ4v) is 4.87. The fourth-order valence-electron chi connectivity index (χ4n) is 3.91. The minimum absolute atomic E-state index is 0.296. The molecule has 3 heterocycles. The maximum Gasteiger partial charge on any atom is 0.231 e. The smallest absolute Gasteiger partial charge is 0.231 e. The number of hydrogen-bond donors (Lipinski definition) is 0. The van der Waals surface area contributed by atoms with E-state index in [9.17, 15) is 0 Å². The van der Waals surface area contributed by atoms with Gasteiger partial charge in [-0.1, -0.05) is 32.0 Å². The molecule has 0 aliphatic carbocycles. The standard InChI is InChI=1S/C25H27N3O2S/c1-15(2)11-26-25-28(12-18-6-8-21-22(9-18)30-14-29-21)13-20-10-19-7-5-16(3)17(4)23(19)27-24(20)31-25/h5-10,15H,11-14H2,1-4H3. The summed E-state index contributed by atoms with van der Waals surface area (Å²) in [4.78, 5) is 12.4. The molecule has 0 atom stereocenters. The number of hydrogen-bond acceptors (Lipinski definition) is 5. The van der Waals surface area contributed by atoms with Gasteiger partial charge in [0.25, 0.3) is 0 Å². The lowest BCUT2D eigenvalue weighted by molar-refractivity contribution is 0.174. The normalized spacial score (nSPS) is 16.4. The molecule has 0 saturated carbocycles. The van der Waals surface area contributed by atoms with E-state index in [1.54, 1.807) is 11.8 Å². The topological polar surface area (TPSA) is 47.0 Å². The van der Waals surface area contributed by atoms with E-state index in [1.807, 2.05) is 6.07 Å². The second-order valence-electron chi connectivity index (χ2n) is 8.69. The summed E-state index contributed by atoms with van der Waals surface area (Å²) in [7, 11) is 0. The molecule has 0 spiro atoms. The SMILES string of the molecule is Cc1ccc2cc3c(nc2c1C)SC(=NCC(C)C)N(Cc1ccc2c(c1)OCO2)C3. The lowest BCUT2D eigenvalue weighted by atomic mass is 10.0. The van der Waals surface area contributed by atoms with E-state index in [1.165, 1.54) is 27.6 Å². The zero-order valence-corrected chi connectivity index (χ0v) is 19.3. The van der Waals surface area contributed by atoms with Gasteiger partial charge in [-0.05, 0) is 66.4 Å². The van der Waals surface area contributed by atoms with Crippen LogP contribution in [0.2, 0.25) is 0 Å². The Morgan fingerprint density at radius 1 is 1.10 bits per heavy atom. The average Bonchev–Trinajstić information content (AvgIpc) is 3.22. The number of rotatable bonds is 4. The maximum atomic E-state index is 5.57. The van der Waals surface area contributed by atoms with Gasteiger partial charge in [0.05, 0.1) is 5.52 Å². The summed E-state index contributed by atoms with van der Waals surface area (Å²) >= 11 is 1.69. The third-order valence-electron chi connectivity index (χ3n) is 5.77. The maximum absolute atomic E-state index is 5.57. The van der Waals surface area contributed by atoms with Gasteiger partial charge in [0.1, 0.15) is 5.03 Å². The van der Waals surface area contributed by atoms with Crippen LogP contribution in [0.1, 0.15) is 36.1 Å². The summed E-state index contributed by atoms with van der Waals surface area (Å²) in [6, 6.07) is 12.8. The van der Waals surface area contributed by atoms with Gasteiger partial charge in [-0.3, -0.25) is 4.99 Å². The Morgan fingerprint density at radius 3 is 2.77 bits per heavy atom. The van der Waals surface area contributed by atoms with E-state index in [0.29, 0.717) is 12.7 Å². The monoisotopic (exact) mass is 433 g/mol. The first-order valence-electron chi connectivity index (χ1n) is 10.7. The highest BCUT2D eigenvalue weighted by molar-refractivity contribution is 8.13. The van der Waals surface area contributed by atoms with Gasteiger partial charge >= 0.3 is 0 Å². The van der Waals surface area contributed by atoms with E-state index >= 15 is 0 Å². The minimum atomic E-state index is 0.296. The van der Waals surface area contributed by atoms with Gasteiger partial charge in [0.15, 0.2) is 16.7 Å². The molecule has 0 bridgehead atoms. The van der Waals surface area contributed by atoms with Gasteiger partial charge < -0.3 is 14.4 Å². The Labute approximate surface area is 187 Å². The van der Waals surface area contributed by atoms with Gasteiger partial charge in [0, 0.05) is 30.6 Å². The van der Waals surface area contributed by atoms with E-state index < -0.39 is 0 Å². The molecule has 2 aliphatic heterocycles. The number of ether oxygens (including phenoxy) is 2. The van der Waals surface area contributed by atoms with Gasteiger partial charge in [-0.25, -0.2) is 4.98 Å². The summed E-state index contributed by atoms with van der Waals surface area (Å²) in [6.45, 7) is 11.4. The number of benzene rings is 2. The highest BCUT2D eigenvalue weighted by atomic mass is 32.2. The van der Waals surface area contributed by atoms with Crippen molar-refractivity contribution < 1.29 is 9.47 Å². The molecule has 160 valence electrons. The quantitative estimate of drug-likeness (QED) is 0.528. The molecule has 0 unspecified atom stereocenters. The zero-order chi connectivity index (χ0) is 21.5. The molecule has 2 aromatic carbocycles. The van der Waals surface area contributed by atoms with Gasteiger partial charge in [-0.2, -0.15) is 0 Å². The van der Waals surface area contributed by atoms with Gasteiger partial charge in [-0.15, -0.1) is 0 Å². The third kappa shape index (κ3) is 3.97. The molecule has 6 heteroatoms. The number of thioether (sulfide) groups is 1. The van der Waals surface area contributed by atoms with E-state index in [-0.39, 0.29) is 0 Å². The van der Waals surface area contributed by atoms with Crippen LogP contribution in [0.5, 0.6) is 11.5 Å². The van der Waals surface area contributed by atoms with Crippen LogP contribution in [0, 0.1) is 19.8 Å². The molecule has 2 aliphatic rings. The summed E-state index contributed by atoms with van der Waals surface area (Å²) in [6.07, 6.45) is 0. The predicted molar refractivity (Wildman–Crippen MR) is 126 cm³/mol. The molecule has 0 saturated heterocycles. The zero-order valence-electron chi connectivity index (χ0n) is 18.4. The first-order chi connectivity index (χ1) is 15.0. The largest absolute Gasteiger partial charge is 0.454 e. The number of pyridine rings is 1. The summed E-state index contributed by atoms with van der Waals surface area (Å²) < 4.78 is 11.0. The first kappa shape index (κ1) is 20.2. The second-order valence-corrected chi connectivity index (χ2v) is 9.65. The van der Waals surface area contributed by atoms with Crippen LogP contribution < -0.4 is 9.47 Å². The number of nitrogens with zero attached hydrogens (tertiary/aromatic N) is 3. The van der Waals surface area contributed by atoms with Crippen LogP contribution in [-0.4, -0.2) is 28.4 Å². The Kier molecular flexibility index (Phi) is 5.26. The highest BCUT2D eigenvalue weighted by Crippen LogP contribution is 2.37. The third-order valence-corrected chi connectivity index (χ3v) is 6.89. The Balaban J connectivity index is 1.51. The van der Waals surface area contributed by atoms with E-state index in [0.717, 1.165) is 46.8 Å². The molecular formula is C25H27N3O2S. The molecule has 0 radical (unpaired) electrons. The van der Waals surface area contributed by atoms with Gasteiger partial charge in [0.2, 0.25) is 6.79 Å². The van der Waals surface area contributed by atoms with Crippen LogP contribution in [0.3, 0.4) is 0 Å². The van der Waals surface area contributed by atoms with Crippen molar-refractivity contribution in [2.24, 2.45) is 10.9 Å². The highest BCUT2D eigenvalue weighted by Gasteiger charge is 2.25. The fraction of sp³-hybridized carbons (Fsp3) is 0.360. The molecule has 5 rings (SSSR count). The number of amidine groups is 1. The lowest BCUT2D eigenvalue weighted by Gasteiger charge is -2.31. The molecule has 0 N–H and O–H groups in total. The minimum Gasteiger partial charge on any atom is -0.454 e. The van der Waals surface area contributed by atoms with Crippen LogP contribution >= 0.6 is 11.8 Å². The Bertz CT molecular complexity index is 1190. The molecule has 3 aromatic rings. The summed E-state index contributed by atoms with van der Waals surface area (Å²) in [5.74, 6) is 2.15. The summed E-state index contributed by atoms with van der Waals surface area (Å²) in [5.41, 5.74) is 6.07. The lowest BCUT2D eigenvalue weighted by Crippen LogP contribution is -2.32. The van der Waals surface area contributed by atoms with Crippen molar-refractivity contribution in [2.45, 2.75) is 45.8 Å². The molecule has 5 nitrogen and oxygen atoms in total. The van der Waals surface area contributed by atoms with E-state index in [2.05, 4.69) is 62.9 Å². The van der Waals surface area contributed by atoms with E-state index in [4.69, 9.17) is 19.5 Å².